The number of aryl methyl sites for hydroxylation is 4. The number of alkyl halides is 1. The lowest BCUT2D eigenvalue weighted by atomic mass is 9.82. The van der Waals surface area contributed by atoms with Crippen LogP contribution < -0.4 is 16.0 Å². The maximum absolute atomic E-state index is 6.85. The van der Waals surface area contributed by atoms with E-state index < -0.39 is 0 Å². The molecule has 56 heavy (non-hydrogen) atoms. The summed E-state index contributed by atoms with van der Waals surface area (Å²) in [4.78, 5) is 0. The molecule has 0 aromatic heterocycles. The molecule has 0 aliphatic heterocycles. The van der Waals surface area contributed by atoms with Gasteiger partial charge in [-0.25, -0.2) is 0 Å². The van der Waals surface area contributed by atoms with Crippen LogP contribution in [0.1, 0.15) is 98.2 Å². The molecule has 7 rings (SSSR count). The van der Waals surface area contributed by atoms with E-state index in [-0.39, 0.29) is 17.3 Å². The third-order valence-corrected chi connectivity index (χ3v) is 11.8. The molecule has 0 radical (unpaired) electrons. The Morgan fingerprint density at radius 2 is 1.00 bits per heavy atom. The minimum absolute atomic E-state index is 0.0377. The van der Waals surface area contributed by atoms with Gasteiger partial charge in [0.15, 0.2) is 0 Å². The normalized spacial score (nSPS) is 15.3. The molecule has 1 fully saturated rings. The van der Waals surface area contributed by atoms with E-state index in [4.69, 9.17) is 11.6 Å². The van der Waals surface area contributed by atoms with Gasteiger partial charge in [-0.2, -0.15) is 0 Å². The molecule has 292 valence electrons. The second-order valence-corrected chi connectivity index (χ2v) is 15.5. The zero-order chi connectivity index (χ0) is 39.4. The standard InChI is InChI=1S/C49H54ClN3.C2H6O/c1-5-33-15-13-16-34(6-2)48(33)51-39-27-23-37(24-28-39)47(38-25-29-40(30-26-38)52-49-35(7-3)17-14-18-36(49)8-4)43-31-32-45(42-20-10-9-19-41(42)43)53-46-22-12-11-21-44(46)50;1-3-2/h9-10,13-20,23-32,44,46-47,51-53H,5-8,11-12,21-22H2,1-4H3;1-2H3. The first kappa shape index (κ1) is 40.9. The molecule has 2 unspecified atom stereocenters. The zero-order valence-electron chi connectivity index (χ0n) is 34.2. The van der Waals surface area contributed by atoms with Gasteiger partial charge in [0.25, 0.3) is 0 Å². The Morgan fingerprint density at radius 3 is 1.45 bits per heavy atom. The summed E-state index contributed by atoms with van der Waals surface area (Å²) in [5.41, 5.74) is 15.1. The molecule has 6 aromatic carbocycles. The molecule has 1 aliphatic carbocycles. The van der Waals surface area contributed by atoms with Crippen LogP contribution in [0.2, 0.25) is 0 Å². The van der Waals surface area contributed by atoms with Crippen LogP contribution >= 0.6 is 11.6 Å². The summed E-state index contributed by atoms with van der Waals surface area (Å²) in [6.07, 6.45) is 8.60. The highest BCUT2D eigenvalue weighted by atomic mass is 35.5. The number of nitrogens with one attached hydrogen (secondary N) is 3. The first-order chi connectivity index (χ1) is 27.4. The fraction of sp³-hybridized carbons (Fsp3) is 0.333. The second kappa shape index (κ2) is 19.9. The van der Waals surface area contributed by atoms with Crippen LogP contribution in [-0.4, -0.2) is 25.6 Å². The van der Waals surface area contributed by atoms with Gasteiger partial charge < -0.3 is 20.7 Å². The Balaban J connectivity index is 0.00000172. The highest BCUT2D eigenvalue weighted by molar-refractivity contribution is 6.21. The van der Waals surface area contributed by atoms with Gasteiger partial charge in [-0.15, -0.1) is 11.6 Å². The number of hydrogen-bond acceptors (Lipinski definition) is 4. The molecule has 6 aromatic rings. The number of para-hydroxylation sites is 2. The molecule has 5 heteroatoms. The van der Waals surface area contributed by atoms with Crippen LogP contribution in [0.25, 0.3) is 10.8 Å². The number of methoxy groups -OCH3 is 1. The van der Waals surface area contributed by atoms with Gasteiger partial charge in [-0.1, -0.05) is 132 Å². The molecule has 3 N–H and O–H groups in total. The van der Waals surface area contributed by atoms with E-state index in [2.05, 4.69) is 170 Å². The van der Waals surface area contributed by atoms with Gasteiger partial charge in [-0.3, -0.25) is 0 Å². The molecule has 0 heterocycles. The maximum atomic E-state index is 6.85. The number of halogens is 1. The van der Waals surface area contributed by atoms with Crippen molar-refractivity contribution < 1.29 is 4.74 Å². The Morgan fingerprint density at radius 1 is 0.554 bits per heavy atom. The lowest BCUT2D eigenvalue weighted by molar-refractivity contribution is 0.277. The number of benzene rings is 6. The molecule has 0 amide bonds. The van der Waals surface area contributed by atoms with Crippen molar-refractivity contribution in [3.05, 3.63) is 160 Å². The van der Waals surface area contributed by atoms with Crippen LogP contribution in [0.5, 0.6) is 0 Å². The fourth-order valence-electron chi connectivity index (χ4n) is 8.31. The van der Waals surface area contributed by atoms with Crippen molar-refractivity contribution >= 4 is 50.8 Å². The number of fused-ring (bicyclic) bond motifs is 1. The van der Waals surface area contributed by atoms with Crippen molar-refractivity contribution in [3.8, 4) is 0 Å². The van der Waals surface area contributed by atoms with Gasteiger partial charge in [0.05, 0.1) is 5.38 Å². The Labute approximate surface area is 341 Å². The summed E-state index contributed by atoms with van der Waals surface area (Å²) in [7, 11) is 3.25. The predicted molar refractivity (Wildman–Crippen MR) is 243 cm³/mol. The first-order valence-electron chi connectivity index (χ1n) is 20.7. The summed E-state index contributed by atoms with van der Waals surface area (Å²) in [5.74, 6) is 0.0377. The lowest BCUT2D eigenvalue weighted by Crippen LogP contribution is -2.32. The minimum atomic E-state index is 0.0377. The Hall–Kier alpha value is -4.77. The van der Waals surface area contributed by atoms with E-state index >= 15 is 0 Å². The van der Waals surface area contributed by atoms with Crippen LogP contribution in [0.15, 0.2) is 121 Å². The summed E-state index contributed by atoms with van der Waals surface area (Å²) in [5, 5.41) is 14.1. The van der Waals surface area contributed by atoms with Gasteiger partial charge in [-0.05, 0) is 113 Å². The van der Waals surface area contributed by atoms with Gasteiger partial charge in [0.2, 0.25) is 0 Å². The van der Waals surface area contributed by atoms with Crippen molar-refractivity contribution in [2.75, 3.05) is 30.2 Å². The third kappa shape index (κ3) is 9.42. The van der Waals surface area contributed by atoms with Crippen LogP contribution in [-0.2, 0) is 30.4 Å². The number of ether oxygens (including phenoxy) is 1. The molecule has 4 nitrogen and oxygen atoms in total. The summed E-state index contributed by atoms with van der Waals surface area (Å²) in [6, 6.07) is 45.3. The van der Waals surface area contributed by atoms with Crippen molar-refractivity contribution in [1.82, 2.24) is 0 Å². The van der Waals surface area contributed by atoms with E-state index in [0.29, 0.717) is 0 Å². The monoisotopic (exact) mass is 765 g/mol. The smallest absolute Gasteiger partial charge is 0.0537 e. The zero-order valence-corrected chi connectivity index (χ0v) is 35.0. The molecule has 1 aliphatic rings. The maximum Gasteiger partial charge on any atom is 0.0537 e. The van der Waals surface area contributed by atoms with Crippen molar-refractivity contribution in [3.63, 3.8) is 0 Å². The highest BCUT2D eigenvalue weighted by Crippen LogP contribution is 2.41. The van der Waals surface area contributed by atoms with Crippen molar-refractivity contribution in [2.45, 2.75) is 96.4 Å². The van der Waals surface area contributed by atoms with E-state index in [1.807, 2.05) is 0 Å². The van der Waals surface area contributed by atoms with Gasteiger partial charge in [0, 0.05) is 60.0 Å². The Bertz CT molecular complexity index is 2020. The third-order valence-electron chi connectivity index (χ3n) is 11.3. The number of hydrogen-bond donors (Lipinski definition) is 3. The molecule has 0 spiro atoms. The van der Waals surface area contributed by atoms with E-state index in [0.717, 1.165) is 49.9 Å². The van der Waals surface area contributed by atoms with Crippen molar-refractivity contribution in [2.24, 2.45) is 0 Å². The molecule has 1 saturated carbocycles. The molecule has 0 bridgehead atoms. The molecule has 0 saturated heterocycles. The quantitative estimate of drug-likeness (QED) is 0.0809. The minimum Gasteiger partial charge on any atom is -0.388 e. The first-order valence-corrected chi connectivity index (χ1v) is 21.1. The van der Waals surface area contributed by atoms with E-state index in [9.17, 15) is 0 Å². The predicted octanol–water partition coefficient (Wildman–Crippen LogP) is 14.0. The Kier molecular flexibility index (Phi) is 14.5. The summed E-state index contributed by atoms with van der Waals surface area (Å²) in [6.45, 7) is 8.92. The molecule has 2 atom stereocenters. The molecular formula is C51H60ClN3O. The molecular weight excluding hydrogens is 706 g/mol. The fourth-order valence-corrected chi connectivity index (χ4v) is 8.66. The van der Waals surface area contributed by atoms with Crippen molar-refractivity contribution in [1.29, 1.82) is 0 Å². The van der Waals surface area contributed by atoms with Gasteiger partial charge >= 0.3 is 0 Å². The largest absolute Gasteiger partial charge is 0.388 e. The van der Waals surface area contributed by atoms with E-state index in [1.54, 1.807) is 14.2 Å². The summed E-state index contributed by atoms with van der Waals surface area (Å²) >= 11 is 6.85. The average molecular weight is 767 g/mol. The number of rotatable bonds is 13. The summed E-state index contributed by atoms with van der Waals surface area (Å²) < 4.78 is 4.25. The highest BCUT2D eigenvalue weighted by Gasteiger charge is 2.25. The van der Waals surface area contributed by atoms with Crippen LogP contribution in [0.3, 0.4) is 0 Å². The van der Waals surface area contributed by atoms with Crippen LogP contribution in [0, 0.1) is 0 Å². The SMILES string of the molecule is CCc1cccc(CC)c1Nc1ccc(C(c2ccc(Nc3c(CC)cccc3CC)cc2)c2ccc(NC3CCCCC3Cl)c3ccccc23)cc1.COC. The van der Waals surface area contributed by atoms with Gasteiger partial charge in [0.1, 0.15) is 0 Å². The topological polar surface area (TPSA) is 45.3 Å². The lowest BCUT2D eigenvalue weighted by Gasteiger charge is -2.30. The average Bonchev–Trinajstić information content (AvgIpc) is 3.24. The number of anilines is 5. The second-order valence-electron chi connectivity index (χ2n) is 15.0. The van der Waals surface area contributed by atoms with Crippen LogP contribution in [0.4, 0.5) is 28.4 Å². The van der Waals surface area contributed by atoms with E-state index in [1.165, 1.54) is 79.6 Å².